The lowest BCUT2D eigenvalue weighted by Gasteiger charge is -1.94. The smallest absolute Gasteiger partial charge is 0.372 e. The van der Waals surface area contributed by atoms with Gasteiger partial charge in [0, 0.05) is 12.3 Å². The Morgan fingerprint density at radius 3 is 2.75 bits per heavy atom. The van der Waals surface area contributed by atoms with Gasteiger partial charge in [0.1, 0.15) is 0 Å². The van der Waals surface area contributed by atoms with Gasteiger partial charge in [-0.25, -0.2) is 14.2 Å². The molecule has 62 valence electrons. The standard InChI is InChI=1S/C7H5NO4/c1-2-5(9)8-4-3-6(10)12-7(8)11/h2-4H,1H2. The summed E-state index contributed by atoms with van der Waals surface area (Å²) in [6.07, 6.45) is 1.99. The van der Waals surface area contributed by atoms with E-state index in [9.17, 15) is 14.4 Å². The summed E-state index contributed by atoms with van der Waals surface area (Å²) in [5, 5.41) is 0. The molecule has 0 spiro atoms. The van der Waals surface area contributed by atoms with E-state index in [-0.39, 0.29) is 0 Å². The number of aromatic nitrogens is 1. The fourth-order valence-corrected chi connectivity index (χ4v) is 0.627. The van der Waals surface area contributed by atoms with Crippen LogP contribution in [0.15, 0.2) is 38.9 Å². The zero-order chi connectivity index (χ0) is 9.14. The summed E-state index contributed by atoms with van der Waals surface area (Å²) >= 11 is 0. The fraction of sp³-hybridized carbons (Fsp3) is 0. The highest BCUT2D eigenvalue weighted by atomic mass is 16.4. The van der Waals surface area contributed by atoms with Crippen LogP contribution in [0.3, 0.4) is 0 Å². The van der Waals surface area contributed by atoms with Gasteiger partial charge in [0.2, 0.25) is 0 Å². The van der Waals surface area contributed by atoms with Crippen molar-refractivity contribution in [1.29, 1.82) is 0 Å². The van der Waals surface area contributed by atoms with Crippen LogP contribution in [-0.4, -0.2) is 10.5 Å². The predicted octanol–water partition coefficient (Wildman–Crippen LogP) is -0.372. The molecule has 0 aliphatic heterocycles. The number of hydrogen-bond donors (Lipinski definition) is 0. The molecular weight excluding hydrogens is 162 g/mol. The minimum absolute atomic E-state index is 0.635. The summed E-state index contributed by atoms with van der Waals surface area (Å²) < 4.78 is 4.76. The first-order valence-corrected chi connectivity index (χ1v) is 3.04. The monoisotopic (exact) mass is 167 g/mol. The highest BCUT2D eigenvalue weighted by Crippen LogP contribution is 1.78. The van der Waals surface area contributed by atoms with Crippen molar-refractivity contribution in [3.05, 3.63) is 45.9 Å². The molecule has 0 unspecified atom stereocenters. The van der Waals surface area contributed by atoms with E-state index in [1.54, 1.807) is 0 Å². The molecule has 0 atom stereocenters. The number of nitrogens with zero attached hydrogens (tertiary/aromatic N) is 1. The van der Waals surface area contributed by atoms with Crippen LogP contribution in [0.25, 0.3) is 0 Å². The van der Waals surface area contributed by atoms with E-state index in [1.807, 2.05) is 0 Å². The van der Waals surface area contributed by atoms with Gasteiger partial charge in [-0.2, -0.15) is 0 Å². The maximum absolute atomic E-state index is 10.8. The highest BCUT2D eigenvalue weighted by Gasteiger charge is 2.02. The number of carbonyl (C=O) groups is 1. The second-order valence-electron chi connectivity index (χ2n) is 1.92. The highest BCUT2D eigenvalue weighted by molar-refractivity contribution is 5.88. The Balaban J connectivity index is 3.37. The lowest BCUT2D eigenvalue weighted by Crippen LogP contribution is -2.27. The third kappa shape index (κ3) is 1.39. The lowest BCUT2D eigenvalue weighted by molar-refractivity contribution is 0.0953. The summed E-state index contributed by atoms with van der Waals surface area (Å²) in [4.78, 5) is 32.0. The second kappa shape index (κ2) is 3.00. The van der Waals surface area contributed by atoms with E-state index in [0.717, 1.165) is 18.3 Å². The number of allylic oxidation sites excluding steroid dienone is 1. The number of hydrogen-bond acceptors (Lipinski definition) is 4. The van der Waals surface area contributed by atoms with Crippen LogP contribution < -0.4 is 11.4 Å². The van der Waals surface area contributed by atoms with Crippen molar-refractivity contribution in [1.82, 2.24) is 4.57 Å². The van der Waals surface area contributed by atoms with Crippen LogP contribution in [0, 0.1) is 0 Å². The van der Waals surface area contributed by atoms with Crippen LogP contribution >= 0.6 is 0 Å². The molecule has 1 heterocycles. The average Bonchev–Trinajstić information content (AvgIpc) is 2.03. The van der Waals surface area contributed by atoms with Gasteiger partial charge < -0.3 is 4.42 Å². The van der Waals surface area contributed by atoms with E-state index in [0.29, 0.717) is 4.57 Å². The van der Waals surface area contributed by atoms with Gasteiger partial charge >= 0.3 is 11.4 Å². The zero-order valence-electron chi connectivity index (χ0n) is 6.02. The summed E-state index contributed by atoms with van der Waals surface area (Å²) in [6.45, 7) is 3.17. The van der Waals surface area contributed by atoms with Gasteiger partial charge in [-0.15, -0.1) is 0 Å². The Kier molecular flexibility index (Phi) is 2.05. The fourth-order valence-electron chi connectivity index (χ4n) is 0.627. The molecule has 5 heteroatoms. The molecule has 0 fully saturated rings. The van der Waals surface area contributed by atoms with Crippen LogP contribution in [0.4, 0.5) is 0 Å². The second-order valence-corrected chi connectivity index (χ2v) is 1.92. The molecule has 1 aromatic rings. The topological polar surface area (TPSA) is 69.3 Å². The Morgan fingerprint density at radius 2 is 2.25 bits per heavy atom. The van der Waals surface area contributed by atoms with Crippen LogP contribution in [0.5, 0.6) is 0 Å². The lowest BCUT2D eigenvalue weighted by atomic mass is 10.5. The third-order valence-electron chi connectivity index (χ3n) is 1.16. The van der Waals surface area contributed by atoms with Crippen LogP contribution in [0.2, 0.25) is 0 Å². The Bertz CT molecular complexity index is 426. The number of rotatable bonds is 1. The first kappa shape index (κ1) is 8.19. The average molecular weight is 167 g/mol. The summed E-state index contributed by atoms with van der Waals surface area (Å²) in [5.41, 5.74) is -0.784. The molecule has 0 N–H and O–H groups in total. The summed E-state index contributed by atoms with van der Waals surface area (Å²) in [6, 6.07) is 0.975. The van der Waals surface area contributed by atoms with Crippen molar-refractivity contribution in [3.8, 4) is 0 Å². The summed E-state index contributed by atoms with van der Waals surface area (Å²) in [5.74, 6) is -1.64. The van der Waals surface area contributed by atoms with Crippen molar-refractivity contribution < 1.29 is 9.21 Å². The van der Waals surface area contributed by atoms with Gasteiger partial charge in [-0.3, -0.25) is 4.79 Å². The molecule has 0 saturated heterocycles. The van der Waals surface area contributed by atoms with E-state index in [2.05, 4.69) is 11.0 Å². The van der Waals surface area contributed by atoms with Crippen molar-refractivity contribution in [2.75, 3.05) is 0 Å². The zero-order valence-corrected chi connectivity index (χ0v) is 6.02. The Morgan fingerprint density at radius 1 is 1.58 bits per heavy atom. The molecule has 12 heavy (non-hydrogen) atoms. The van der Waals surface area contributed by atoms with Crippen LogP contribution in [-0.2, 0) is 0 Å². The maximum atomic E-state index is 10.8. The molecule has 0 radical (unpaired) electrons. The van der Waals surface area contributed by atoms with Gasteiger partial charge in [0.15, 0.2) is 0 Å². The van der Waals surface area contributed by atoms with Gasteiger partial charge in [0.05, 0.1) is 0 Å². The van der Waals surface area contributed by atoms with Gasteiger partial charge in [0.25, 0.3) is 5.91 Å². The van der Waals surface area contributed by atoms with Gasteiger partial charge in [-0.1, -0.05) is 6.58 Å². The van der Waals surface area contributed by atoms with E-state index in [1.165, 1.54) is 0 Å². The molecule has 5 nitrogen and oxygen atoms in total. The minimum Gasteiger partial charge on any atom is -0.372 e. The van der Waals surface area contributed by atoms with E-state index >= 15 is 0 Å². The molecule has 1 aromatic heterocycles. The molecule has 0 saturated carbocycles. The largest absolute Gasteiger partial charge is 0.428 e. The van der Waals surface area contributed by atoms with Crippen molar-refractivity contribution >= 4 is 5.91 Å². The molecule has 0 aliphatic carbocycles. The number of carbonyl (C=O) groups excluding carboxylic acids is 1. The van der Waals surface area contributed by atoms with Crippen LogP contribution in [0.1, 0.15) is 4.79 Å². The van der Waals surface area contributed by atoms with Gasteiger partial charge in [-0.05, 0) is 6.08 Å². The summed E-state index contributed by atoms with van der Waals surface area (Å²) in [7, 11) is 0. The molecular formula is C7H5NO4. The quantitative estimate of drug-likeness (QED) is 0.535. The van der Waals surface area contributed by atoms with Crippen molar-refractivity contribution in [3.63, 3.8) is 0 Å². The SMILES string of the molecule is C=CC(=O)n1ccc(=O)oc1=O. The maximum Gasteiger partial charge on any atom is 0.428 e. The molecule has 0 amide bonds. The van der Waals surface area contributed by atoms with Crippen molar-refractivity contribution in [2.45, 2.75) is 0 Å². The molecule has 0 aliphatic rings. The Labute approximate surface area is 66.6 Å². The van der Waals surface area contributed by atoms with Crippen molar-refractivity contribution in [2.24, 2.45) is 0 Å². The first-order valence-electron chi connectivity index (χ1n) is 3.04. The van der Waals surface area contributed by atoms with E-state index in [4.69, 9.17) is 0 Å². The Hall–Kier alpha value is -1.91. The third-order valence-corrected chi connectivity index (χ3v) is 1.16. The van der Waals surface area contributed by atoms with E-state index < -0.39 is 17.3 Å². The molecule has 0 bridgehead atoms. The first-order chi connectivity index (χ1) is 5.65. The normalized spacial score (nSPS) is 9.33. The minimum atomic E-state index is -1.01. The molecule has 1 rings (SSSR count). The molecule has 0 aromatic carbocycles. The predicted molar refractivity (Wildman–Crippen MR) is 40.1 cm³/mol.